The highest BCUT2D eigenvalue weighted by Gasteiger charge is 2.42. The van der Waals surface area contributed by atoms with E-state index in [2.05, 4.69) is 11.9 Å². The van der Waals surface area contributed by atoms with Crippen molar-refractivity contribution in [2.45, 2.75) is 37.9 Å². The van der Waals surface area contributed by atoms with Crippen molar-refractivity contribution >= 4 is 5.91 Å². The number of nitrogens with one attached hydrogen (secondary N) is 1. The predicted octanol–water partition coefficient (Wildman–Crippen LogP) is 2.41. The van der Waals surface area contributed by atoms with Crippen LogP contribution < -0.4 is 5.32 Å². The first-order valence-corrected chi connectivity index (χ1v) is 4.93. The smallest absolute Gasteiger partial charge is 0.350 e. The Morgan fingerprint density at radius 3 is 2.60 bits per heavy atom. The lowest BCUT2D eigenvalue weighted by atomic mass is 9.85. The topological polar surface area (TPSA) is 29.1 Å². The molecule has 0 aliphatic heterocycles. The van der Waals surface area contributed by atoms with E-state index in [-0.39, 0.29) is 18.9 Å². The summed E-state index contributed by atoms with van der Waals surface area (Å²) >= 11 is 0. The molecule has 1 saturated carbocycles. The lowest BCUT2D eigenvalue weighted by Gasteiger charge is -2.30. The molecular weight excluding hydrogens is 207 g/mol. The monoisotopic (exact) mass is 221 g/mol. The second-order valence-corrected chi connectivity index (χ2v) is 3.81. The molecule has 1 fully saturated rings. The normalized spacial score (nSPS) is 27.1. The average Bonchev–Trinajstić information content (AvgIpc) is 2.17. The number of alkyl halides is 3. The summed E-state index contributed by atoms with van der Waals surface area (Å²) in [6, 6.07) is -0.365. The summed E-state index contributed by atoms with van der Waals surface area (Å²) in [4.78, 5) is 10.9. The van der Waals surface area contributed by atoms with E-state index in [1.165, 1.54) is 0 Å². The Bertz CT molecular complexity index is 250. The fourth-order valence-corrected chi connectivity index (χ4v) is 1.88. The third-order valence-corrected chi connectivity index (χ3v) is 2.67. The Morgan fingerprint density at radius 1 is 1.40 bits per heavy atom. The molecule has 1 aliphatic carbocycles. The van der Waals surface area contributed by atoms with Crippen molar-refractivity contribution in [3.05, 3.63) is 12.7 Å². The van der Waals surface area contributed by atoms with E-state index < -0.39 is 18.0 Å². The van der Waals surface area contributed by atoms with Gasteiger partial charge in [-0.05, 0) is 25.3 Å². The molecule has 0 aromatic rings. The number of hydrogen-bond acceptors (Lipinski definition) is 1. The van der Waals surface area contributed by atoms with Crippen molar-refractivity contribution in [2.24, 2.45) is 5.92 Å². The van der Waals surface area contributed by atoms with Gasteiger partial charge in [0.2, 0.25) is 5.91 Å². The Morgan fingerprint density at radius 2 is 2.07 bits per heavy atom. The zero-order chi connectivity index (χ0) is 11.5. The van der Waals surface area contributed by atoms with Crippen LogP contribution in [0.3, 0.4) is 0 Å². The van der Waals surface area contributed by atoms with Crippen molar-refractivity contribution < 1.29 is 18.0 Å². The molecule has 0 unspecified atom stereocenters. The van der Waals surface area contributed by atoms with Gasteiger partial charge in [0.05, 0.1) is 5.92 Å². The molecule has 1 amide bonds. The van der Waals surface area contributed by atoms with Gasteiger partial charge in [0, 0.05) is 6.04 Å². The fraction of sp³-hybridized carbons (Fsp3) is 0.700. The van der Waals surface area contributed by atoms with Crippen molar-refractivity contribution in [2.75, 3.05) is 0 Å². The van der Waals surface area contributed by atoms with Gasteiger partial charge in [-0.25, -0.2) is 0 Å². The second-order valence-electron chi connectivity index (χ2n) is 3.81. The Kier molecular flexibility index (Phi) is 3.77. The highest BCUT2D eigenvalue weighted by atomic mass is 19.4. The van der Waals surface area contributed by atoms with Gasteiger partial charge in [0.1, 0.15) is 0 Å². The van der Waals surface area contributed by atoms with Crippen LogP contribution in [-0.4, -0.2) is 18.1 Å². The number of rotatable bonds is 2. The average molecular weight is 221 g/mol. The molecule has 0 bridgehead atoms. The Balaban J connectivity index is 2.49. The Hall–Kier alpha value is -1.00. The summed E-state index contributed by atoms with van der Waals surface area (Å²) in [6.07, 6.45) is -1.78. The molecule has 0 saturated heterocycles. The molecule has 0 heterocycles. The number of hydrogen-bond donors (Lipinski definition) is 1. The second kappa shape index (κ2) is 4.68. The van der Waals surface area contributed by atoms with Crippen LogP contribution in [0.1, 0.15) is 25.7 Å². The van der Waals surface area contributed by atoms with Gasteiger partial charge >= 0.3 is 6.18 Å². The maximum absolute atomic E-state index is 12.4. The summed E-state index contributed by atoms with van der Waals surface area (Å²) < 4.78 is 37.2. The molecule has 86 valence electrons. The van der Waals surface area contributed by atoms with Crippen molar-refractivity contribution in [1.29, 1.82) is 0 Å². The van der Waals surface area contributed by atoms with Crippen LogP contribution in [0.2, 0.25) is 0 Å². The van der Waals surface area contributed by atoms with Crippen molar-refractivity contribution in [1.82, 2.24) is 5.32 Å². The van der Waals surface area contributed by atoms with Crippen LogP contribution in [0.25, 0.3) is 0 Å². The van der Waals surface area contributed by atoms with Crippen LogP contribution in [0.15, 0.2) is 12.7 Å². The number of amides is 1. The minimum absolute atomic E-state index is 0.0108. The summed E-state index contributed by atoms with van der Waals surface area (Å²) in [5.74, 6) is -1.68. The highest BCUT2D eigenvalue weighted by Crippen LogP contribution is 2.37. The first-order valence-electron chi connectivity index (χ1n) is 4.93. The molecule has 0 radical (unpaired) electrons. The SMILES string of the molecule is C=CC(=O)N[C@@H]1CCC[C@H](C(F)(F)F)C1. The molecule has 1 rings (SSSR count). The molecule has 2 atom stereocenters. The van der Waals surface area contributed by atoms with Crippen LogP contribution in [0, 0.1) is 5.92 Å². The van der Waals surface area contributed by atoms with Gasteiger partial charge in [0.15, 0.2) is 0 Å². The maximum Gasteiger partial charge on any atom is 0.391 e. The number of carbonyl (C=O) groups is 1. The van der Waals surface area contributed by atoms with Gasteiger partial charge in [-0.2, -0.15) is 13.2 Å². The van der Waals surface area contributed by atoms with Crippen LogP contribution in [-0.2, 0) is 4.79 Å². The first-order chi connectivity index (χ1) is 6.93. The minimum atomic E-state index is -4.14. The quantitative estimate of drug-likeness (QED) is 0.713. The van der Waals surface area contributed by atoms with Crippen LogP contribution in [0.5, 0.6) is 0 Å². The van der Waals surface area contributed by atoms with E-state index in [9.17, 15) is 18.0 Å². The van der Waals surface area contributed by atoms with Gasteiger partial charge in [-0.15, -0.1) is 0 Å². The number of halogens is 3. The molecule has 0 spiro atoms. The zero-order valence-electron chi connectivity index (χ0n) is 8.31. The number of carbonyl (C=O) groups excluding carboxylic acids is 1. The van der Waals surface area contributed by atoms with E-state index >= 15 is 0 Å². The summed E-state index contributed by atoms with van der Waals surface area (Å²) in [5.41, 5.74) is 0. The van der Waals surface area contributed by atoms with E-state index in [0.717, 1.165) is 6.08 Å². The third-order valence-electron chi connectivity index (χ3n) is 2.67. The van der Waals surface area contributed by atoms with Crippen molar-refractivity contribution in [3.8, 4) is 0 Å². The maximum atomic E-state index is 12.4. The summed E-state index contributed by atoms with van der Waals surface area (Å²) in [5, 5.41) is 2.51. The summed E-state index contributed by atoms with van der Waals surface area (Å²) in [6.45, 7) is 3.26. The van der Waals surface area contributed by atoms with Gasteiger partial charge in [0.25, 0.3) is 0 Å². The van der Waals surface area contributed by atoms with E-state index in [1.54, 1.807) is 0 Å². The molecule has 2 nitrogen and oxygen atoms in total. The molecule has 0 aromatic heterocycles. The molecule has 1 aliphatic rings. The molecule has 15 heavy (non-hydrogen) atoms. The van der Waals surface area contributed by atoms with Crippen molar-refractivity contribution in [3.63, 3.8) is 0 Å². The molecular formula is C10H14F3NO. The highest BCUT2D eigenvalue weighted by molar-refractivity contribution is 5.87. The lowest BCUT2D eigenvalue weighted by Crippen LogP contribution is -2.40. The molecule has 5 heteroatoms. The lowest BCUT2D eigenvalue weighted by molar-refractivity contribution is -0.184. The van der Waals surface area contributed by atoms with E-state index in [4.69, 9.17) is 0 Å². The minimum Gasteiger partial charge on any atom is -0.350 e. The standard InChI is InChI=1S/C10H14F3NO/c1-2-9(15)14-8-5-3-4-7(6-8)10(11,12)13/h2,7-8H,1,3-6H2,(H,14,15)/t7-,8+/m0/s1. The molecule has 1 N–H and O–H groups in total. The zero-order valence-corrected chi connectivity index (χ0v) is 8.31. The first kappa shape index (κ1) is 12.1. The third kappa shape index (κ3) is 3.57. The summed E-state index contributed by atoms with van der Waals surface area (Å²) in [7, 11) is 0. The van der Waals surface area contributed by atoms with Crippen LogP contribution >= 0.6 is 0 Å². The largest absolute Gasteiger partial charge is 0.391 e. The van der Waals surface area contributed by atoms with Gasteiger partial charge < -0.3 is 5.32 Å². The fourth-order valence-electron chi connectivity index (χ4n) is 1.88. The van der Waals surface area contributed by atoms with E-state index in [1.807, 2.05) is 0 Å². The predicted molar refractivity (Wildman–Crippen MR) is 50.1 cm³/mol. The van der Waals surface area contributed by atoms with E-state index in [0.29, 0.717) is 12.8 Å². The van der Waals surface area contributed by atoms with Crippen LogP contribution in [0.4, 0.5) is 13.2 Å². The van der Waals surface area contributed by atoms with Gasteiger partial charge in [-0.1, -0.05) is 13.0 Å². The van der Waals surface area contributed by atoms with Gasteiger partial charge in [-0.3, -0.25) is 4.79 Å². The molecule has 0 aromatic carbocycles. The Labute approximate surface area is 86.5 Å².